The third-order valence-corrected chi connectivity index (χ3v) is 4.86. The van der Waals surface area contributed by atoms with Gasteiger partial charge in [0, 0.05) is 16.3 Å². The SMILES string of the molecule is C/C(=N/O)c1cccc(-c2ccc3cnn(-c4nc(C)cs4)c3c2)n1. The minimum atomic E-state index is 0.478. The highest BCUT2D eigenvalue weighted by Crippen LogP contribution is 2.26. The van der Waals surface area contributed by atoms with Crippen molar-refractivity contribution in [2.75, 3.05) is 0 Å². The van der Waals surface area contributed by atoms with Gasteiger partial charge in [0.25, 0.3) is 0 Å². The first kappa shape index (κ1) is 15.5. The van der Waals surface area contributed by atoms with Crippen LogP contribution in [0.25, 0.3) is 27.3 Å². The minimum absolute atomic E-state index is 0.478. The Kier molecular flexibility index (Phi) is 3.77. The van der Waals surface area contributed by atoms with Crippen molar-refractivity contribution < 1.29 is 5.21 Å². The molecule has 3 aromatic heterocycles. The first-order chi connectivity index (χ1) is 12.2. The Morgan fingerprint density at radius 2 is 2.08 bits per heavy atom. The second-order valence-electron chi connectivity index (χ2n) is 5.69. The minimum Gasteiger partial charge on any atom is -0.411 e. The topological polar surface area (TPSA) is 76.2 Å². The number of oxime groups is 1. The number of rotatable bonds is 3. The predicted octanol–water partition coefficient (Wildman–Crippen LogP) is 4.05. The molecular weight excluding hydrogens is 334 g/mol. The molecule has 0 saturated heterocycles. The van der Waals surface area contributed by atoms with E-state index in [2.05, 4.69) is 26.3 Å². The number of nitrogens with zero attached hydrogens (tertiary/aromatic N) is 5. The van der Waals surface area contributed by atoms with Gasteiger partial charge >= 0.3 is 0 Å². The standard InChI is InChI=1S/C18H15N5OS/c1-11-10-25-18(20-11)23-17-8-13(6-7-14(17)9-19-23)16-5-3-4-15(21-16)12(2)22-24/h3-10,24H,1-2H3/b22-12-. The average molecular weight is 349 g/mol. The number of pyridine rings is 1. The molecule has 0 unspecified atom stereocenters. The van der Waals surface area contributed by atoms with Crippen LogP contribution in [0.5, 0.6) is 0 Å². The van der Waals surface area contributed by atoms with E-state index in [0.717, 1.165) is 33.0 Å². The first-order valence-electron chi connectivity index (χ1n) is 7.72. The second-order valence-corrected chi connectivity index (χ2v) is 6.53. The van der Waals surface area contributed by atoms with Crippen molar-refractivity contribution in [3.8, 4) is 16.4 Å². The summed E-state index contributed by atoms with van der Waals surface area (Å²) in [7, 11) is 0. The zero-order chi connectivity index (χ0) is 17.4. The van der Waals surface area contributed by atoms with E-state index in [1.807, 2.05) is 53.5 Å². The molecule has 7 heteroatoms. The Labute approximate surface area is 148 Å². The van der Waals surface area contributed by atoms with E-state index in [1.54, 1.807) is 18.3 Å². The summed E-state index contributed by atoms with van der Waals surface area (Å²) in [5.41, 5.74) is 4.86. The molecule has 0 fully saturated rings. The van der Waals surface area contributed by atoms with Crippen LogP contribution in [-0.4, -0.2) is 30.7 Å². The largest absolute Gasteiger partial charge is 0.411 e. The number of benzene rings is 1. The highest BCUT2D eigenvalue weighted by atomic mass is 32.1. The maximum atomic E-state index is 8.96. The molecule has 0 aliphatic carbocycles. The molecule has 0 spiro atoms. The van der Waals surface area contributed by atoms with E-state index in [-0.39, 0.29) is 0 Å². The maximum absolute atomic E-state index is 8.96. The van der Waals surface area contributed by atoms with Crippen LogP contribution in [0.4, 0.5) is 0 Å². The molecule has 0 aliphatic heterocycles. The summed E-state index contributed by atoms with van der Waals surface area (Å²) in [4.78, 5) is 9.09. The van der Waals surface area contributed by atoms with Crippen molar-refractivity contribution in [2.45, 2.75) is 13.8 Å². The van der Waals surface area contributed by atoms with Gasteiger partial charge in [-0.1, -0.05) is 23.4 Å². The van der Waals surface area contributed by atoms with E-state index in [0.29, 0.717) is 11.4 Å². The van der Waals surface area contributed by atoms with Gasteiger partial charge in [-0.25, -0.2) is 14.6 Å². The van der Waals surface area contributed by atoms with E-state index in [9.17, 15) is 0 Å². The number of aryl methyl sites for hydroxylation is 1. The van der Waals surface area contributed by atoms with Gasteiger partial charge in [0.2, 0.25) is 5.13 Å². The lowest BCUT2D eigenvalue weighted by molar-refractivity contribution is 0.319. The van der Waals surface area contributed by atoms with Gasteiger partial charge < -0.3 is 5.21 Å². The van der Waals surface area contributed by atoms with E-state index < -0.39 is 0 Å². The van der Waals surface area contributed by atoms with Crippen LogP contribution in [0, 0.1) is 6.92 Å². The smallest absolute Gasteiger partial charge is 0.211 e. The molecule has 4 aromatic rings. The van der Waals surface area contributed by atoms with Crippen LogP contribution in [0.15, 0.2) is 53.1 Å². The molecule has 4 rings (SSSR count). The Hall–Kier alpha value is -3.06. The lowest BCUT2D eigenvalue weighted by Gasteiger charge is -2.05. The molecule has 0 bridgehead atoms. The molecule has 0 aliphatic rings. The summed E-state index contributed by atoms with van der Waals surface area (Å²) in [5.74, 6) is 0. The zero-order valence-electron chi connectivity index (χ0n) is 13.7. The van der Waals surface area contributed by atoms with Crippen LogP contribution >= 0.6 is 11.3 Å². The van der Waals surface area contributed by atoms with E-state index in [1.165, 1.54) is 0 Å². The van der Waals surface area contributed by atoms with Gasteiger partial charge in [-0.3, -0.25) is 0 Å². The predicted molar refractivity (Wildman–Crippen MR) is 98.7 cm³/mol. The summed E-state index contributed by atoms with van der Waals surface area (Å²) < 4.78 is 1.85. The zero-order valence-corrected chi connectivity index (χ0v) is 14.5. The Morgan fingerprint density at radius 3 is 2.84 bits per heavy atom. The van der Waals surface area contributed by atoms with Crippen molar-refractivity contribution in [3.05, 3.63) is 59.4 Å². The summed E-state index contributed by atoms with van der Waals surface area (Å²) in [6.07, 6.45) is 1.84. The molecule has 6 nitrogen and oxygen atoms in total. The Morgan fingerprint density at radius 1 is 1.20 bits per heavy atom. The Bertz CT molecular complexity index is 1100. The summed E-state index contributed by atoms with van der Waals surface area (Å²) in [6, 6.07) is 11.7. The van der Waals surface area contributed by atoms with Crippen molar-refractivity contribution in [1.29, 1.82) is 0 Å². The van der Waals surface area contributed by atoms with Crippen molar-refractivity contribution in [3.63, 3.8) is 0 Å². The molecular formula is C18H15N5OS. The van der Waals surface area contributed by atoms with Crippen molar-refractivity contribution >= 4 is 28.0 Å². The van der Waals surface area contributed by atoms with Crippen LogP contribution in [0.3, 0.4) is 0 Å². The van der Waals surface area contributed by atoms with Crippen molar-refractivity contribution in [1.82, 2.24) is 19.7 Å². The molecule has 25 heavy (non-hydrogen) atoms. The van der Waals surface area contributed by atoms with E-state index in [4.69, 9.17) is 5.21 Å². The third kappa shape index (κ3) is 2.78. The first-order valence-corrected chi connectivity index (χ1v) is 8.60. The number of hydrogen-bond donors (Lipinski definition) is 1. The summed E-state index contributed by atoms with van der Waals surface area (Å²) in [5, 5.41) is 20.5. The van der Waals surface area contributed by atoms with Gasteiger partial charge in [-0.15, -0.1) is 11.3 Å². The van der Waals surface area contributed by atoms with Gasteiger partial charge in [-0.05, 0) is 32.0 Å². The number of aromatic nitrogens is 4. The average Bonchev–Trinajstić information content (AvgIpc) is 3.26. The highest BCUT2D eigenvalue weighted by molar-refractivity contribution is 7.12. The monoisotopic (exact) mass is 349 g/mol. The highest BCUT2D eigenvalue weighted by Gasteiger charge is 2.11. The fourth-order valence-electron chi connectivity index (χ4n) is 2.62. The molecule has 0 atom stereocenters. The lowest BCUT2D eigenvalue weighted by Crippen LogP contribution is -1.99. The van der Waals surface area contributed by atoms with Gasteiger partial charge in [0.1, 0.15) is 5.71 Å². The molecule has 3 heterocycles. The van der Waals surface area contributed by atoms with Gasteiger partial charge in [-0.2, -0.15) is 5.10 Å². The fourth-order valence-corrected chi connectivity index (χ4v) is 3.39. The summed E-state index contributed by atoms with van der Waals surface area (Å²) in [6.45, 7) is 3.69. The van der Waals surface area contributed by atoms with Crippen LogP contribution < -0.4 is 0 Å². The number of fused-ring (bicyclic) bond motifs is 1. The summed E-state index contributed by atoms with van der Waals surface area (Å²) >= 11 is 1.56. The molecule has 124 valence electrons. The van der Waals surface area contributed by atoms with Crippen molar-refractivity contribution in [2.24, 2.45) is 5.16 Å². The Balaban J connectivity index is 1.84. The third-order valence-electron chi connectivity index (χ3n) is 3.92. The lowest BCUT2D eigenvalue weighted by atomic mass is 10.1. The van der Waals surface area contributed by atoms with E-state index >= 15 is 0 Å². The fraction of sp³-hybridized carbons (Fsp3) is 0.111. The maximum Gasteiger partial charge on any atom is 0.211 e. The molecule has 1 aromatic carbocycles. The number of thiazole rings is 1. The second kappa shape index (κ2) is 6.10. The molecule has 1 N–H and O–H groups in total. The van der Waals surface area contributed by atoms with Gasteiger partial charge in [0.05, 0.1) is 28.8 Å². The normalized spacial score (nSPS) is 12.0. The van der Waals surface area contributed by atoms with Crippen LogP contribution in [0.1, 0.15) is 18.3 Å². The quantitative estimate of drug-likeness (QED) is 0.344. The molecule has 0 amide bonds. The van der Waals surface area contributed by atoms with Gasteiger partial charge in [0.15, 0.2) is 0 Å². The van der Waals surface area contributed by atoms with Crippen LogP contribution in [0.2, 0.25) is 0 Å². The van der Waals surface area contributed by atoms with Crippen LogP contribution in [-0.2, 0) is 0 Å². The molecule has 0 saturated carbocycles. The molecule has 0 radical (unpaired) electrons. The number of hydrogen-bond acceptors (Lipinski definition) is 6.